The van der Waals surface area contributed by atoms with Gasteiger partial charge in [-0.3, -0.25) is 14.5 Å². The fraction of sp³-hybridized carbons (Fsp3) is 0.250. The Morgan fingerprint density at radius 1 is 1.32 bits per heavy atom. The summed E-state index contributed by atoms with van der Waals surface area (Å²) >= 11 is 24.3. The van der Waals surface area contributed by atoms with Crippen molar-refractivity contribution in [1.29, 1.82) is 0 Å². The van der Waals surface area contributed by atoms with Gasteiger partial charge in [0.15, 0.2) is 0 Å². The van der Waals surface area contributed by atoms with Gasteiger partial charge in [-0.1, -0.05) is 77.8 Å². The summed E-state index contributed by atoms with van der Waals surface area (Å²) in [7, 11) is 0. The molecule has 2 amide bonds. The maximum absolute atomic E-state index is 12.7. The van der Waals surface area contributed by atoms with Crippen molar-refractivity contribution in [2.24, 2.45) is 0 Å². The molecule has 1 N–H and O–H groups in total. The van der Waals surface area contributed by atoms with Crippen LogP contribution in [0.3, 0.4) is 0 Å². The number of ether oxygens (including phenoxy) is 1. The number of carbonyl (C=O) groups excluding carboxylic acids is 2. The van der Waals surface area contributed by atoms with Gasteiger partial charge >= 0.3 is 0 Å². The lowest BCUT2D eigenvalue weighted by Crippen LogP contribution is -2.47. The van der Waals surface area contributed by atoms with Crippen molar-refractivity contribution in [2.75, 3.05) is 0 Å². The lowest BCUT2D eigenvalue weighted by atomic mass is 10.2. The van der Waals surface area contributed by atoms with Crippen LogP contribution in [0.2, 0.25) is 0 Å². The molecule has 1 aliphatic heterocycles. The summed E-state index contributed by atoms with van der Waals surface area (Å²) in [4.78, 5) is 26.3. The number of rotatable bonds is 7. The number of thiocarbonyl (C=S) groups is 1. The Kier molecular flexibility index (Phi) is 7.93. The Morgan fingerprint density at radius 3 is 2.61 bits per heavy atom. The van der Waals surface area contributed by atoms with E-state index in [1.807, 2.05) is 0 Å². The maximum Gasteiger partial charge on any atom is 0.266 e. The number of carbonyl (C=O) groups is 2. The predicted octanol–water partition coefficient (Wildman–Crippen LogP) is 5.28. The van der Waals surface area contributed by atoms with E-state index in [1.54, 1.807) is 55.7 Å². The quantitative estimate of drug-likeness (QED) is 0.232. The van der Waals surface area contributed by atoms with E-state index in [1.165, 1.54) is 16.7 Å². The number of thioether (sulfide) groups is 1. The summed E-state index contributed by atoms with van der Waals surface area (Å²) in [6.45, 7) is 1.96. The average Bonchev–Trinajstić information content (AvgIpc) is 3.32. The molecule has 2 aromatic rings. The Balaban J connectivity index is 1.69. The molecular weight excluding hydrogens is 503 g/mol. The van der Waals surface area contributed by atoms with Crippen LogP contribution in [0, 0.1) is 0 Å². The minimum absolute atomic E-state index is 0.190. The van der Waals surface area contributed by atoms with Crippen LogP contribution >= 0.6 is 58.8 Å². The van der Waals surface area contributed by atoms with Crippen LogP contribution in [-0.2, 0) is 16.1 Å². The van der Waals surface area contributed by atoms with Gasteiger partial charge in [0.1, 0.15) is 15.8 Å². The van der Waals surface area contributed by atoms with Gasteiger partial charge in [0.2, 0.25) is 15.9 Å². The molecule has 2 heterocycles. The van der Waals surface area contributed by atoms with E-state index >= 15 is 0 Å². The largest absolute Gasteiger partial charge is 0.467 e. The molecule has 1 aromatic carbocycles. The summed E-state index contributed by atoms with van der Waals surface area (Å²) in [5.74, 6) is 0.530. The Morgan fingerprint density at radius 2 is 2.03 bits per heavy atom. The molecule has 31 heavy (non-hydrogen) atoms. The zero-order valence-electron chi connectivity index (χ0n) is 16.1. The normalized spacial score (nSPS) is 16.6. The van der Waals surface area contributed by atoms with E-state index in [0.29, 0.717) is 20.7 Å². The third kappa shape index (κ3) is 6.40. The fourth-order valence-corrected chi connectivity index (χ4v) is 4.10. The number of hydrogen-bond donors (Lipinski definition) is 1. The van der Waals surface area contributed by atoms with E-state index in [4.69, 9.17) is 56.2 Å². The summed E-state index contributed by atoms with van der Waals surface area (Å²) in [5.41, 5.74) is 0.758. The maximum atomic E-state index is 12.7. The van der Waals surface area contributed by atoms with E-state index < -0.39 is 10.0 Å². The number of hydrogen-bond acceptors (Lipinski definition) is 6. The van der Waals surface area contributed by atoms with Gasteiger partial charge in [-0.05, 0) is 35.9 Å². The topological polar surface area (TPSA) is 71.8 Å². The lowest BCUT2D eigenvalue weighted by molar-refractivity contribution is -0.123. The van der Waals surface area contributed by atoms with Crippen LogP contribution in [0.25, 0.3) is 6.08 Å². The molecule has 0 aliphatic carbocycles. The molecule has 1 fully saturated rings. The second kappa shape index (κ2) is 10.3. The Hall–Kier alpha value is -1.71. The number of furan rings is 1. The van der Waals surface area contributed by atoms with Crippen LogP contribution < -0.4 is 10.1 Å². The standard InChI is InChI=1S/C20H17Cl3N2O4S2/c1-2-16(26)24-18(20(21,22)23)29-13-7-5-12(6-8-13)10-15-17(27)25(19(30)31-15)11-14-4-3-9-28-14/h3-10,18H,2,11H2,1H3,(H,24,26)/b15-10-/t18-/m0/s1. The third-order valence-electron chi connectivity index (χ3n) is 4.11. The number of nitrogens with one attached hydrogen (secondary N) is 1. The van der Waals surface area contributed by atoms with Gasteiger partial charge in [-0.15, -0.1) is 0 Å². The van der Waals surface area contributed by atoms with Crippen molar-refractivity contribution in [2.45, 2.75) is 29.9 Å². The van der Waals surface area contributed by atoms with Gasteiger partial charge in [0, 0.05) is 6.42 Å². The number of halogens is 3. The number of benzene rings is 1. The molecule has 0 unspecified atom stereocenters. The Labute approximate surface area is 203 Å². The van der Waals surface area contributed by atoms with Crippen molar-refractivity contribution in [3.63, 3.8) is 0 Å². The van der Waals surface area contributed by atoms with Crippen LogP contribution in [0.15, 0.2) is 52.0 Å². The van der Waals surface area contributed by atoms with E-state index in [-0.39, 0.29) is 24.8 Å². The number of nitrogens with zero attached hydrogens (tertiary/aromatic N) is 1. The summed E-state index contributed by atoms with van der Waals surface area (Å²) < 4.78 is 9.53. The summed E-state index contributed by atoms with van der Waals surface area (Å²) in [6, 6.07) is 10.3. The predicted molar refractivity (Wildman–Crippen MR) is 127 cm³/mol. The average molecular weight is 520 g/mol. The fourth-order valence-electron chi connectivity index (χ4n) is 2.55. The molecule has 164 valence electrons. The first kappa shape index (κ1) is 23.9. The first-order valence-corrected chi connectivity index (χ1v) is 11.4. The molecule has 1 atom stereocenters. The highest BCUT2D eigenvalue weighted by atomic mass is 35.6. The first-order valence-electron chi connectivity index (χ1n) is 9.08. The molecule has 1 saturated heterocycles. The summed E-state index contributed by atoms with van der Waals surface area (Å²) in [6.07, 6.45) is 2.34. The van der Waals surface area contributed by atoms with Crippen LogP contribution in [0.5, 0.6) is 5.75 Å². The highest BCUT2D eigenvalue weighted by molar-refractivity contribution is 8.26. The van der Waals surface area contributed by atoms with Gasteiger partial charge in [-0.2, -0.15) is 0 Å². The van der Waals surface area contributed by atoms with Crippen molar-refractivity contribution < 1.29 is 18.7 Å². The van der Waals surface area contributed by atoms with Crippen molar-refractivity contribution >= 4 is 81.0 Å². The molecule has 3 rings (SSSR count). The van der Waals surface area contributed by atoms with E-state index in [9.17, 15) is 9.59 Å². The molecule has 11 heteroatoms. The molecule has 0 saturated carbocycles. The van der Waals surface area contributed by atoms with E-state index in [0.717, 1.165) is 5.56 Å². The molecular formula is C20H17Cl3N2O4S2. The minimum atomic E-state index is -1.86. The van der Waals surface area contributed by atoms with E-state index in [2.05, 4.69) is 5.32 Å². The SMILES string of the molecule is CCC(=O)N[C@@H](Oc1ccc(/C=C2\SC(=S)N(Cc3ccco3)C2=O)cc1)C(Cl)(Cl)Cl. The van der Waals surface area contributed by atoms with Gasteiger partial charge < -0.3 is 14.5 Å². The van der Waals surface area contributed by atoms with Crippen molar-refractivity contribution in [1.82, 2.24) is 10.2 Å². The highest BCUT2D eigenvalue weighted by Gasteiger charge is 2.36. The van der Waals surface area contributed by atoms with Crippen molar-refractivity contribution in [3.8, 4) is 5.75 Å². The molecule has 1 aromatic heterocycles. The second-order valence-electron chi connectivity index (χ2n) is 6.38. The lowest BCUT2D eigenvalue weighted by Gasteiger charge is -2.26. The third-order valence-corrected chi connectivity index (χ3v) is 6.08. The summed E-state index contributed by atoms with van der Waals surface area (Å²) in [5, 5.41) is 2.52. The van der Waals surface area contributed by atoms with Crippen LogP contribution in [0.1, 0.15) is 24.7 Å². The second-order valence-corrected chi connectivity index (χ2v) is 10.4. The highest BCUT2D eigenvalue weighted by Crippen LogP contribution is 2.35. The smallest absolute Gasteiger partial charge is 0.266 e. The van der Waals surface area contributed by atoms with Gasteiger partial charge in [0.05, 0.1) is 17.7 Å². The minimum Gasteiger partial charge on any atom is -0.467 e. The molecule has 0 radical (unpaired) electrons. The van der Waals surface area contributed by atoms with Gasteiger partial charge in [-0.25, -0.2) is 0 Å². The molecule has 1 aliphatic rings. The van der Waals surface area contributed by atoms with Crippen LogP contribution in [0.4, 0.5) is 0 Å². The van der Waals surface area contributed by atoms with Crippen molar-refractivity contribution in [3.05, 3.63) is 58.9 Å². The van der Waals surface area contributed by atoms with Gasteiger partial charge in [0.25, 0.3) is 5.91 Å². The number of amides is 2. The molecule has 0 bridgehead atoms. The molecule has 0 spiro atoms. The zero-order valence-corrected chi connectivity index (χ0v) is 20.0. The Bertz CT molecular complexity index is 989. The molecule has 6 nitrogen and oxygen atoms in total. The first-order chi connectivity index (χ1) is 14.7. The van der Waals surface area contributed by atoms with Crippen LogP contribution in [-0.4, -0.2) is 31.1 Å². The monoisotopic (exact) mass is 518 g/mol. The zero-order chi connectivity index (χ0) is 22.6. The number of alkyl halides is 3.